The summed E-state index contributed by atoms with van der Waals surface area (Å²) in [6, 6.07) is 0. The number of hydrogen-bond donors (Lipinski definition) is 2. The quantitative estimate of drug-likeness (QED) is 0.813. The molecule has 0 fully saturated rings. The number of aliphatic carboxylic acids is 1. The molecule has 0 amide bonds. The zero-order valence-corrected chi connectivity index (χ0v) is 11.6. The van der Waals surface area contributed by atoms with E-state index in [4.69, 9.17) is 0 Å². The largest absolute Gasteiger partial charge is 0.481 e. The second-order valence-corrected chi connectivity index (χ2v) is 7.15. The number of nitrogens with one attached hydrogen (secondary N) is 1. The summed E-state index contributed by atoms with van der Waals surface area (Å²) >= 11 is 1.79. The number of hydrogen-bond acceptors (Lipinski definition) is 3. The van der Waals surface area contributed by atoms with E-state index in [0.717, 1.165) is 19.4 Å². The van der Waals surface area contributed by atoms with E-state index in [9.17, 15) is 9.90 Å². The van der Waals surface area contributed by atoms with Crippen molar-refractivity contribution < 1.29 is 9.90 Å². The lowest BCUT2D eigenvalue weighted by molar-refractivity contribution is -0.140. The van der Waals surface area contributed by atoms with Gasteiger partial charge < -0.3 is 10.4 Å². The van der Waals surface area contributed by atoms with E-state index in [0.29, 0.717) is 0 Å². The van der Waals surface area contributed by atoms with Crippen LogP contribution in [0.1, 0.15) is 33.1 Å². The second kappa shape index (κ2) is 4.65. The number of carboxylic acids is 1. The molecule has 0 saturated heterocycles. The number of thioether (sulfide) groups is 1. The van der Waals surface area contributed by atoms with Crippen molar-refractivity contribution >= 4 is 17.7 Å². The molecule has 1 aliphatic carbocycles. The van der Waals surface area contributed by atoms with E-state index in [1.807, 2.05) is 7.05 Å². The maximum atomic E-state index is 11.5. The van der Waals surface area contributed by atoms with Crippen molar-refractivity contribution in [3.63, 3.8) is 0 Å². The molecule has 2 aliphatic rings. The van der Waals surface area contributed by atoms with Crippen LogP contribution in [0, 0.1) is 11.3 Å². The summed E-state index contributed by atoms with van der Waals surface area (Å²) in [4.78, 5) is 12.8. The molecule has 17 heavy (non-hydrogen) atoms. The Morgan fingerprint density at radius 1 is 1.59 bits per heavy atom. The first kappa shape index (κ1) is 13.0. The van der Waals surface area contributed by atoms with Gasteiger partial charge in [-0.3, -0.25) is 4.79 Å². The van der Waals surface area contributed by atoms with Crippen LogP contribution in [-0.4, -0.2) is 29.9 Å². The molecule has 2 N–H and O–H groups in total. The first-order valence-electron chi connectivity index (χ1n) is 6.20. The van der Waals surface area contributed by atoms with Crippen molar-refractivity contribution in [1.82, 2.24) is 5.32 Å². The Morgan fingerprint density at radius 2 is 2.29 bits per heavy atom. The predicted octanol–water partition coefficient (Wildman–Crippen LogP) is 2.49. The summed E-state index contributed by atoms with van der Waals surface area (Å²) in [6.07, 6.45) is 3.20. The Balaban J connectivity index is 2.23. The van der Waals surface area contributed by atoms with Crippen molar-refractivity contribution in [2.24, 2.45) is 11.3 Å². The van der Waals surface area contributed by atoms with Gasteiger partial charge in [0.2, 0.25) is 0 Å². The van der Waals surface area contributed by atoms with Crippen LogP contribution in [0.2, 0.25) is 0 Å². The third-order valence-electron chi connectivity index (χ3n) is 3.77. The van der Waals surface area contributed by atoms with Crippen molar-refractivity contribution in [2.45, 2.75) is 38.4 Å². The summed E-state index contributed by atoms with van der Waals surface area (Å²) < 4.78 is 0. The molecule has 0 aromatic rings. The first-order valence-corrected chi connectivity index (χ1v) is 7.08. The van der Waals surface area contributed by atoms with Gasteiger partial charge in [0.05, 0.1) is 5.92 Å². The van der Waals surface area contributed by atoms with Crippen LogP contribution < -0.4 is 5.32 Å². The van der Waals surface area contributed by atoms with Gasteiger partial charge in [0, 0.05) is 11.8 Å². The molecular formula is C13H21NO2S. The van der Waals surface area contributed by atoms with Crippen molar-refractivity contribution in [3.8, 4) is 0 Å². The molecule has 2 atom stereocenters. The lowest BCUT2D eigenvalue weighted by Gasteiger charge is -2.31. The zero-order valence-electron chi connectivity index (χ0n) is 10.7. The minimum atomic E-state index is -0.652. The molecule has 2 unspecified atom stereocenters. The van der Waals surface area contributed by atoms with E-state index in [1.54, 1.807) is 11.8 Å². The second-order valence-electron chi connectivity index (χ2n) is 5.82. The van der Waals surface area contributed by atoms with Gasteiger partial charge in [0.25, 0.3) is 0 Å². The van der Waals surface area contributed by atoms with E-state index in [-0.39, 0.29) is 16.6 Å². The molecule has 4 heteroatoms. The van der Waals surface area contributed by atoms with Crippen molar-refractivity contribution in [1.29, 1.82) is 0 Å². The van der Waals surface area contributed by atoms with Crippen molar-refractivity contribution in [3.05, 3.63) is 10.5 Å². The molecule has 1 aliphatic heterocycles. The number of carboxylic acid groups (broad SMARTS) is 1. The van der Waals surface area contributed by atoms with E-state index in [2.05, 4.69) is 19.2 Å². The van der Waals surface area contributed by atoms with Gasteiger partial charge in [-0.2, -0.15) is 0 Å². The third kappa shape index (κ3) is 2.52. The molecule has 0 saturated carbocycles. The van der Waals surface area contributed by atoms with Crippen LogP contribution in [0.3, 0.4) is 0 Å². The summed E-state index contributed by atoms with van der Waals surface area (Å²) in [5.74, 6) is -0.928. The van der Waals surface area contributed by atoms with Crippen LogP contribution >= 0.6 is 11.8 Å². The number of carbonyl (C=O) groups is 1. The smallest absolute Gasteiger partial charge is 0.311 e. The Bertz CT molecular complexity index is 362. The highest BCUT2D eigenvalue weighted by Crippen LogP contribution is 2.53. The van der Waals surface area contributed by atoms with E-state index >= 15 is 0 Å². The fraction of sp³-hybridized carbons (Fsp3) is 0.769. The minimum Gasteiger partial charge on any atom is -0.481 e. The molecule has 0 bridgehead atoms. The SMILES string of the molecule is CNCC1SC2=C(CC(C)(C)CC2)C1C(=O)O. The maximum Gasteiger partial charge on any atom is 0.311 e. The van der Waals surface area contributed by atoms with Crippen LogP contribution in [0.15, 0.2) is 10.5 Å². The van der Waals surface area contributed by atoms with Crippen LogP contribution in [-0.2, 0) is 4.79 Å². The molecule has 0 aromatic heterocycles. The van der Waals surface area contributed by atoms with Crippen LogP contribution in [0.5, 0.6) is 0 Å². The third-order valence-corrected chi connectivity index (χ3v) is 5.26. The number of allylic oxidation sites excluding steroid dienone is 1. The monoisotopic (exact) mass is 255 g/mol. The van der Waals surface area contributed by atoms with Crippen LogP contribution in [0.25, 0.3) is 0 Å². The maximum absolute atomic E-state index is 11.5. The number of rotatable bonds is 3. The lowest BCUT2D eigenvalue weighted by Crippen LogP contribution is -2.33. The predicted molar refractivity (Wildman–Crippen MR) is 71.1 cm³/mol. The summed E-state index contributed by atoms with van der Waals surface area (Å²) in [5, 5.41) is 12.7. The van der Waals surface area contributed by atoms with E-state index < -0.39 is 5.97 Å². The molecular weight excluding hydrogens is 234 g/mol. The molecule has 0 spiro atoms. The first-order chi connectivity index (χ1) is 7.94. The molecule has 2 rings (SSSR count). The Hall–Kier alpha value is -0.480. The molecule has 0 radical (unpaired) electrons. The summed E-state index contributed by atoms with van der Waals surface area (Å²) in [7, 11) is 1.89. The van der Waals surface area contributed by atoms with Gasteiger partial charge in [-0.25, -0.2) is 0 Å². The Morgan fingerprint density at radius 3 is 2.88 bits per heavy atom. The average molecular weight is 255 g/mol. The average Bonchev–Trinajstić information content (AvgIpc) is 2.54. The van der Waals surface area contributed by atoms with Gasteiger partial charge in [-0.1, -0.05) is 13.8 Å². The topological polar surface area (TPSA) is 49.3 Å². The van der Waals surface area contributed by atoms with Gasteiger partial charge in [-0.15, -0.1) is 11.8 Å². The minimum absolute atomic E-state index is 0.177. The Kier molecular flexibility index (Phi) is 3.55. The van der Waals surface area contributed by atoms with Gasteiger partial charge in [0.15, 0.2) is 0 Å². The Labute approximate surface area is 107 Å². The molecule has 96 valence electrons. The molecule has 3 nitrogen and oxygen atoms in total. The van der Waals surface area contributed by atoms with Crippen LogP contribution in [0.4, 0.5) is 0 Å². The highest BCUT2D eigenvalue weighted by atomic mass is 32.2. The fourth-order valence-electron chi connectivity index (χ4n) is 2.88. The summed E-state index contributed by atoms with van der Waals surface area (Å²) in [5.41, 5.74) is 1.47. The highest BCUT2D eigenvalue weighted by molar-refractivity contribution is 8.04. The molecule has 1 heterocycles. The van der Waals surface area contributed by atoms with Gasteiger partial charge in [0.1, 0.15) is 0 Å². The highest BCUT2D eigenvalue weighted by Gasteiger charge is 2.43. The normalized spacial score (nSPS) is 31.5. The summed E-state index contributed by atoms with van der Waals surface area (Å²) in [6.45, 7) is 5.26. The standard InChI is InChI=1S/C13H21NO2S/c1-13(2)5-4-9-8(6-13)11(12(15)16)10(17-9)7-14-3/h10-11,14H,4-7H2,1-3H3,(H,15,16). The lowest BCUT2D eigenvalue weighted by atomic mass is 9.73. The van der Waals surface area contributed by atoms with E-state index in [1.165, 1.54) is 16.9 Å². The zero-order chi connectivity index (χ0) is 12.6. The fourth-order valence-corrected chi connectivity index (χ4v) is 4.48. The van der Waals surface area contributed by atoms with Gasteiger partial charge in [-0.05, 0) is 42.2 Å². The molecule has 0 aromatic carbocycles. The van der Waals surface area contributed by atoms with Crippen molar-refractivity contribution in [2.75, 3.05) is 13.6 Å². The van der Waals surface area contributed by atoms with Gasteiger partial charge >= 0.3 is 5.97 Å².